The van der Waals surface area contributed by atoms with Gasteiger partial charge in [-0.05, 0) is 17.7 Å². The fourth-order valence-electron chi connectivity index (χ4n) is 3.20. The van der Waals surface area contributed by atoms with Gasteiger partial charge in [0.2, 0.25) is 17.7 Å². The summed E-state index contributed by atoms with van der Waals surface area (Å²) >= 11 is 0. The number of benzene rings is 1. The van der Waals surface area contributed by atoms with Crippen molar-refractivity contribution in [2.75, 3.05) is 6.61 Å². The van der Waals surface area contributed by atoms with Gasteiger partial charge in [-0.15, -0.1) is 0 Å². The maximum Gasteiger partial charge on any atom is 0.326 e. The van der Waals surface area contributed by atoms with Crippen LogP contribution in [0.4, 0.5) is 0 Å². The van der Waals surface area contributed by atoms with Crippen molar-refractivity contribution < 1.29 is 44.4 Å². The first-order chi connectivity index (χ1) is 17.5. The zero-order chi connectivity index (χ0) is 27.5. The molecule has 10 N–H and O–H groups in total. The van der Waals surface area contributed by atoms with Crippen molar-refractivity contribution in [2.45, 2.75) is 43.4 Å². The summed E-state index contributed by atoms with van der Waals surface area (Å²) in [5, 5.41) is 44.0. The molecule has 0 radical (unpaired) electrons. The molecule has 1 heterocycles. The number of amides is 3. The van der Waals surface area contributed by atoms with Gasteiger partial charge in [0.1, 0.15) is 23.9 Å². The van der Waals surface area contributed by atoms with E-state index < -0.39 is 66.9 Å². The summed E-state index contributed by atoms with van der Waals surface area (Å²) in [6.07, 6.45) is 1.82. The van der Waals surface area contributed by atoms with Gasteiger partial charge in [-0.25, -0.2) is 9.78 Å². The molecule has 200 valence electrons. The summed E-state index contributed by atoms with van der Waals surface area (Å²) in [7, 11) is 0. The van der Waals surface area contributed by atoms with Gasteiger partial charge in [-0.3, -0.25) is 19.2 Å². The van der Waals surface area contributed by atoms with Gasteiger partial charge in [0.25, 0.3) is 0 Å². The highest BCUT2D eigenvalue weighted by Gasteiger charge is 2.31. The predicted molar refractivity (Wildman–Crippen MR) is 125 cm³/mol. The zero-order valence-corrected chi connectivity index (χ0v) is 19.5. The zero-order valence-electron chi connectivity index (χ0n) is 19.5. The number of H-pyrrole nitrogens is 1. The fourth-order valence-corrected chi connectivity index (χ4v) is 3.20. The number of carbonyl (C=O) groups is 5. The summed E-state index contributed by atoms with van der Waals surface area (Å²) in [6, 6.07) is -0.255. The number of aliphatic hydroxyl groups excluding tert-OH is 1. The Morgan fingerprint density at radius 2 is 1.49 bits per heavy atom. The third kappa shape index (κ3) is 9.23. The van der Waals surface area contributed by atoms with E-state index in [1.807, 2.05) is 0 Å². The van der Waals surface area contributed by atoms with Gasteiger partial charge in [-0.1, -0.05) is 12.1 Å². The third-order valence-corrected chi connectivity index (χ3v) is 5.15. The average molecular weight is 520 g/mol. The fraction of sp³-hybridized carbons (Fsp3) is 0.364. The molecule has 2 rings (SSSR count). The molecule has 0 fully saturated rings. The number of carbonyl (C=O) groups excluding carboxylic acids is 3. The number of rotatable bonds is 14. The normalized spacial score (nSPS) is 14.0. The number of carboxylic acids is 2. The molecule has 0 aliphatic carbocycles. The Bertz CT molecular complexity index is 1090. The van der Waals surface area contributed by atoms with Crippen LogP contribution in [0.5, 0.6) is 5.75 Å². The molecule has 3 amide bonds. The van der Waals surface area contributed by atoms with Crippen molar-refractivity contribution in [1.29, 1.82) is 0 Å². The monoisotopic (exact) mass is 520 g/mol. The SMILES string of the molecule is NC(Cc1cnc[nH]1)C(=O)NC(CO)C(=O)NC(Cc1ccc(O)cc1)C(=O)NC(CC(=O)O)C(=O)O. The quantitative estimate of drug-likeness (QED) is 0.123. The maximum absolute atomic E-state index is 12.9. The number of hydrogen-bond acceptors (Lipinski definition) is 9. The van der Waals surface area contributed by atoms with Gasteiger partial charge in [0, 0.05) is 24.7 Å². The molecule has 37 heavy (non-hydrogen) atoms. The van der Waals surface area contributed by atoms with Crippen LogP contribution in [0.3, 0.4) is 0 Å². The summed E-state index contributed by atoms with van der Waals surface area (Å²) < 4.78 is 0. The molecule has 0 saturated carbocycles. The lowest BCUT2D eigenvalue weighted by atomic mass is 10.0. The summed E-state index contributed by atoms with van der Waals surface area (Å²) in [4.78, 5) is 67.0. The van der Waals surface area contributed by atoms with E-state index in [9.17, 15) is 39.3 Å². The highest BCUT2D eigenvalue weighted by Crippen LogP contribution is 2.12. The highest BCUT2D eigenvalue weighted by molar-refractivity contribution is 5.94. The van der Waals surface area contributed by atoms with E-state index in [4.69, 9.17) is 10.8 Å². The molecule has 4 unspecified atom stereocenters. The van der Waals surface area contributed by atoms with Crippen molar-refractivity contribution in [3.8, 4) is 5.75 Å². The van der Waals surface area contributed by atoms with E-state index >= 15 is 0 Å². The number of nitrogens with two attached hydrogens (primary N) is 1. The molecule has 15 heteroatoms. The molecule has 0 saturated heterocycles. The Morgan fingerprint density at radius 3 is 2.03 bits per heavy atom. The van der Waals surface area contributed by atoms with Crippen LogP contribution in [0.15, 0.2) is 36.8 Å². The number of aromatic amines is 1. The molecule has 15 nitrogen and oxygen atoms in total. The number of hydrogen-bond donors (Lipinski definition) is 9. The minimum absolute atomic E-state index is 0.0595. The molecule has 1 aromatic carbocycles. The minimum Gasteiger partial charge on any atom is -0.508 e. The number of aromatic nitrogens is 2. The smallest absolute Gasteiger partial charge is 0.326 e. The average Bonchev–Trinajstić information content (AvgIpc) is 3.35. The number of aromatic hydroxyl groups is 1. The van der Waals surface area contributed by atoms with E-state index in [1.54, 1.807) is 0 Å². The molecule has 1 aromatic heterocycles. The van der Waals surface area contributed by atoms with Crippen LogP contribution < -0.4 is 21.7 Å². The van der Waals surface area contributed by atoms with Crippen LogP contribution in [0.25, 0.3) is 0 Å². The lowest BCUT2D eigenvalue weighted by molar-refractivity contribution is -0.147. The third-order valence-electron chi connectivity index (χ3n) is 5.15. The Morgan fingerprint density at radius 1 is 0.892 bits per heavy atom. The van der Waals surface area contributed by atoms with Crippen LogP contribution in [0, 0.1) is 0 Å². The van der Waals surface area contributed by atoms with E-state index in [1.165, 1.54) is 36.8 Å². The van der Waals surface area contributed by atoms with Crippen molar-refractivity contribution in [3.05, 3.63) is 48.0 Å². The highest BCUT2D eigenvalue weighted by atomic mass is 16.4. The molecular formula is C22H28N6O9. The second-order valence-electron chi connectivity index (χ2n) is 8.06. The Hall–Kier alpha value is -4.50. The van der Waals surface area contributed by atoms with Gasteiger partial charge < -0.3 is 47.1 Å². The second-order valence-corrected chi connectivity index (χ2v) is 8.06. The summed E-state index contributed by atoms with van der Waals surface area (Å²) in [5.74, 6) is -5.90. The number of aliphatic carboxylic acids is 2. The van der Waals surface area contributed by atoms with E-state index in [2.05, 4.69) is 25.9 Å². The summed E-state index contributed by atoms with van der Waals surface area (Å²) in [6.45, 7) is -0.849. The Labute approximate surface area is 210 Å². The lowest BCUT2D eigenvalue weighted by Crippen LogP contribution is -2.58. The first-order valence-electron chi connectivity index (χ1n) is 11.0. The van der Waals surface area contributed by atoms with Crippen LogP contribution >= 0.6 is 0 Å². The molecule has 4 atom stereocenters. The van der Waals surface area contributed by atoms with Crippen LogP contribution in [0.2, 0.25) is 0 Å². The number of phenols is 1. The van der Waals surface area contributed by atoms with Crippen LogP contribution in [-0.4, -0.2) is 90.8 Å². The van der Waals surface area contributed by atoms with Crippen LogP contribution in [-0.2, 0) is 36.8 Å². The first kappa shape index (κ1) is 28.7. The second kappa shape index (κ2) is 13.6. The lowest BCUT2D eigenvalue weighted by Gasteiger charge is -2.24. The molecule has 0 spiro atoms. The summed E-state index contributed by atoms with van der Waals surface area (Å²) in [5.41, 5.74) is 6.85. The molecular weight excluding hydrogens is 492 g/mol. The molecule has 0 aliphatic heterocycles. The Balaban J connectivity index is 2.15. The number of imidazole rings is 1. The molecule has 2 aromatic rings. The van der Waals surface area contributed by atoms with E-state index in [0.29, 0.717) is 11.3 Å². The van der Waals surface area contributed by atoms with Crippen molar-refractivity contribution >= 4 is 29.7 Å². The van der Waals surface area contributed by atoms with E-state index in [-0.39, 0.29) is 18.6 Å². The Kier molecular flexibility index (Phi) is 10.5. The predicted octanol–water partition coefficient (Wildman–Crippen LogP) is -2.77. The number of nitrogens with zero attached hydrogens (tertiary/aromatic N) is 1. The number of aliphatic hydroxyl groups is 1. The number of phenolic OH excluding ortho intramolecular Hbond substituents is 1. The first-order valence-corrected chi connectivity index (χ1v) is 11.0. The van der Waals surface area contributed by atoms with Gasteiger partial charge >= 0.3 is 11.9 Å². The number of carboxylic acid groups (broad SMARTS) is 2. The largest absolute Gasteiger partial charge is 0.508 e. The standard InChI is InChI=1S/C22H28N6O9/c23-14(6-12-8-24-10-25-12)19(33)28-17(9-29)21(35)26-15(5-11-1-3-13(30)4-2-11)20(34)27-16(22(36)37)7-18(31)32/h1-4,8,10,14-17,29-30H,5-7,9,23H2,(H,24,25)(H,26,35)(H,27,34)(H,28,33)(H,31,32)(H,36,37). The maximum atomic E-state index is 12.9. The van der Waals surface area contributed by atoms with Gasteiger partial charge in [0.05, 0.1) is 25.4 Å². The van der Waals surface area contributed by atoms with Crippen LogP contribution in [0.1, 0.15) is 17.7 Å². The number of nitrogens with one attached hydrogen (secondary N) is 4. The van der Waals surface area contributed by atoms with Crippen molar-refractivity contribution in [1.82, 2.24) is 25.9 Å². The molecule has 0 bridgehead atoms. The van der Waals surface area contributed by atoms with Gasteiger partial charge in [-0.2, -0.15) is 0 Å². The molecule has 0 aliphatic rings. The minimum atomic E-state index is -1.78. The van der Waals surface area contributed by atoms with Crippen molar-refractivity contribution in [3.63, 3.8) is 0 Å². The topological polar surface area (TPSA) is 257 Å². The van der Waals surface area contributed by atoms with Crippen molar-refractivity contribution in [2.24, 2.45) is 5.73 Å². The van der Waals surface area contributed by atoms with E-state index in [0.717, 1.165) is 0 Å². The van der Waals surface area contributed by atoms with Gasteiger partial charge in [0.15, 0.2) is 0 Å².